The summed E-state index contributed by atoms with van der Waals surface area (Å²) in [4.78, 5) is 84.9. The van der Waals surface area contributed by atoms with E-state index in [1.807, 2.05) is 0 Å². The van der Waals surface area contributed by atoms with Crippen LogP contribution in [0.5, 0.6) is 11.8 Å². The molecule has 0 saturated carbocycles. The standard InChI is InChI=1S/C31H48BrN5O24P4/c32-19-15-36(30(44)35-28(19)43)24-13-20(38)21(58-24)16-56-63(49,50)55-12-7-5-3-1-2-4-6-10-23(39)33-11-8-9-18-14-37(31(45)34-27(18)42)29-26(41)25(40)22(59-29)17-57-64(51,52)61-65(53,54)60-62(46,47)48/h8-9,14-15,20-22,24-26,29,38,40-41H,1-7,10-13,16-17H2,(H,33,39)(H,49,50)(H,51,52)(H,53,54)(H,34,42,45)(H,35,43,44)(H2,46,47,48)/p-5/b9-8+/t20-,21+,22+,24+,25+,26+,29+/m0/s1. The first-order valence-corrected chi connectivity index (χ1v) is 25.8. The van der Waals surface area contributed by atoms with Crippen molar-refractivity contribution in [2.45, 2.75) is 101 Å². The number of rotatable bonds is 26. The van der Waals surface area contributed by atoms with Crippen molar-refractivity contribution in [3.05, 3.63) is 49.5 Å². The third-order valence-corrected chi connectivity index (χ3v) is 14.4. The van der Waals surface area contributed by atoms with Crippen LogP contribution in [0.25, 0.3) is 6.08 Å². The Kier molecular flexibility index (Phi) is 20.4. The van der Waals surface area contributed by atoms with Crippen molar-refractivity contribution < 1.29 is 105 Å². The largest absolute Gasteiger partial charge is 0.862 e. The Morgan fingerprint density at radius 1 is 0.800 bits per heavy atom. The van der Waals surface area contributed by atoms with E-state index in [9.17, 15) is 83.0 Å². The quantitative estimate of drug-likeness (QED) is 0.0252. The molecule has 368 valence electrons. The molecular weight excluding hydrogens is 1030 g/mol. The molecule has 0 spiro atoms. The van der Waals surface area contributed by atoms with E-state index in [0.717, 1.165) is 30.0 Å². The summed E-state index contributed by atoms with van der Waals surface area (Å²) in [5, 5.41) is 67.2. The van der Waals surface area contributed by atoms with Gasteiger partial charge in [0, 0.05) is 40.6 Å². The van der Waals surface area contributed by atoms with Crippen LogP contribution in [0, 0.1) is 0 Å². The lowest BCUT2D eigenvalue weighted by atomic mass is 10.1. The zero-order valence-corrected chi connectivity index (χ0v) is 38.6. The number of hydrogen-bond acceptors (Lipinski definition) is 24. The zero-order chi connectivity index (χ0) is 48.3. The van der Waals surface area contributed by atoms with Gasteiger partial charge in [-0.25, -0.2) is 33.3 Å². The summed E-state index contributed by atoms with van der Waals surface area (Å²) < 4.78 is 80.0. The molecule has 2 aliphatic rings. The van der Waals surface area contributed by atoms with Crippen LogP contribution >= 0.6 is 47.2 Å². The second-order valence-corrected chi connectivity index (χ2v) is 20.7. The van der Waals surface area contributed by atoms with Gasteiger partial charge in [-0.05, 0) is 41.1 Å². The highest BCUT2D eigenvalue weighted by Gasteiger charge is 2.46. The number of ether oxygens (including phenoxy) is 2. The van der Waals surface area contributed by atoms with E-state index < -0.39 is 117 Å². The average molecular weight is 1070 g/mol. The topological polar surface area (TPSA) is 452 Å². The van der Waals surface area contributed by atoms with Gasteiger partial charge in [0.15, 0.2) is 6.23 Å². The van der Waals surface area contributed by atoms with Crippen molar-refractivity contribution in [3.63, 3.8) is 0 Å². The Balaban J connectivity index is 1.10. The van der Waals surface area contributed by atoms with Crippen LogP contribution in [0.15, 0.2) is 37.5 Å². The number of phosphoric acid groups is 4. The molecule has 4 rings (SSSR count). The fraction of sp³-hybridized carbons (Fsp3) is 0.645. The van der Waals surface area contributed by atoms with E-state index in [2.05, 4.69) is 44.0 Å². The Bertz CT molecular complexity index is 2310. The maximum Gasteiger partial charge on any atom is 0.484 e. The summed E-state index contributed by atoms with van der Waals surface area (Å²) >= 11 is 2.98. The molecule has 0 radical (unpaired) electrons. The monoisotopic (exact) mass is 1070 g/mol. The fourth-order valence-electron chi connectivity index (χ4n) is 6.06. The van der Waals surface area contributed by atoms with Gasteiger partial charge in [0.25, 0.3) is 0 Å². The van der Waals surface area contributed by atoms with E-state index in [-0.39, 0.29) is 36.0 Å². The number of aliphatic imine (C=N–C) groups is 1. The van der Waals surface area contributed by atoms with Crippen molar-refractivity contribution >= 4 is 59.2 Å². The summed E-state index contributed by atoms with van der Waals surface area (Å²) in [6.45, 7) is -1.95. The molecule has 2 aromatic heterocycles. The zero-order valence-electron chi connectivity index (χ0n) is 33.5. The van der Waals surface area contributed by atoms with Crippen LogP contribution < -0.4 is 36.5 Å². The maximum atomic E-state index is 12.5. The van der Waals surface area contributed by atoms with Gasteiger partial charge in [0.2, 0.25) is 0 Å². The highest BCUT2D eigenvalue weighted by atomic mass is 79.9. The number of unbranched alkanes of at least 4 members (excludes halogenated alkanes) is 6. The summed E-state index contributed by atoms with van der Waals surface area (Å²) in [5.41, 5.74) is -2.38. The van der Waals surface area contributed by atoms with Crippen molar-refractivity contribution in [1.82, 2.24) is 19.1 Å². The van der Waals surface area contributed by atoms with Crippen molar-refractivity contribution in [2.75, 3.05) is 26.4 Å². The molecule has 0 bridgehead atoms. The fourth-order valence-corrected chi connectivity index (χ4v) is 10.1. The molecular formula is C31H43BrN5O24P4-5. The molecule has 2 aliphatic heterocycles. The normalized spacial score (nSPS) is 25.7. The Morgan fingerprint density at radius 2 is 1.40 bits per heavy atom. The molecule has 65 heavy (non-hydrogen) atoms. The predicted octanol–water partition coefficient (Wildman–Crippen LogP) is -2.22. The average Bonchev–Trinajstić information content (AvgIpc) is 3.70. The lowest BCUT2D eigenvalue weighted by Crippen LogP contribution is -2.36. The lowest BCUT2D eigenvalue weighted by molar-refractivity contribution is -0.334. The highest BCUT2D eigenvalue weighted by Crippen LogP contribution is 2.64. The van der Waals surface area contributed by atoms with Gasteiger partial charge >= 0.3 is 34.8 Å². The Labute approximate surface area is 375 Å². The molecule has 10 atom stereocenters. The number of phosphoric ester groups is 2. The molecule has 0 amide bonds. The number of halogens is 1. The summed E-state index contributed by atoms with van der Waals surface area (Å²) in [6.07, 6.45) is -1.28. The van der Waals surface area contributed by atoms with Gasteiger partial charge in [-0.15, -0.1) is 0 Å². The van der Waals surface area contributed by atoms with E-state index in [4.69, 9.17) is 18.5 Å². The number of nitrogens with zero attached hydrogens (tertiary/aromatic N) is 5. The number of aliphatic hydroxyl groups is 3. The minimum absolute atomic E-state index is 0.0116. The molecule has 6 N–H and O–H groups in total. The van der Waals surface area contributed by atoms with Gasteiger partial charge in [0.1, 0.15) is 30.6 Å². The van der Waals surface area contributed by atoms with E-state index in [1.54, 1.807) is 0 Å². The predicted molar refractivity (Wildman–Crippen MR) is 209 cm³/mol. The Morgan fingerprint density at radius 3 is 2.08 bits per heavy atom. The molecule has 29 nitrogen and oxygen atoms in total. The Hall–Kier alpha value is -2.63. The second kappa shape index (κ2) is 24.1. The van der Waals surface area contributed by atoms with Crippen LogP contribution in [0.1, 0.15) is 75.8 Å². The highest BCUT2D eigenvalue weighted by molar-refractivity contribution is 9.10. The molecule has 34 heteroatoms. The van der Waals surface area contributed by atoms with Crippen LogP contribution in [-0.2, 0) is 49.9 Å². The molecule has 2 saturated heterocycles. The van der Waals surface area contributed by atoms with Crippen LogP contribution in [0.2, 0.25) is 0 Å². The first kappa shape index (κ1) is 55.0. The summed E-state index contributed by atoms with van der Waals surface area (Å²) in [7, 11) is -22.3. The van der Waals surface area contributed by atoms with Gasteiger partial charge in [0.05, 0.1) is 40.3 Å². The minimum Gasteiger partial charge on any atom is -0.862 e. The lowest BCUT2D eigenvalue weighted by Gasteiger charge is -2.29. The van der Waals surface area contributed by atoms with Crippen molar-refractivity contribution in [1.29, 1.82) is 0 Å². The molecule has 0 aliphatic carbocycles. The first-order valence-electron chi connectivity index (χ1n) is 19.1. The van der Waals surface area contributed by atoms with Gasteiger partial charge in [-0.3, -0.25) is 27.0 Å². The van der Waals surface area contributed by atoms with Gasteiger partial charge < -0.3 is 74.1 Å². The molecule has 2 fully saturated rings. The maximum absolute atomic E-state index is 12.5. The summed E-state index contributed by atoms with van der Waals surface area (Å²) in [5.74, 6) is -2.21. The number of aromatic nitrogens is 4. The molecule has 3 unspecified atom stereocenters. The molecule has 2 aromatic rings. The van der Waals surface area contributed by atoms with E-state index in [0.29, 0.717) is 30.3 Å². The third kappa shape index (κ3) is 17.8. The molecule has 0 aromatic carbocycles. The first-order chi connectivity index (χ1) is 30.3. The summed E-state index contributed by atoms with van der Waals surface area (Å²) in [6, 6.07) is 0. The smallest absolute Gasteiger partial charge is 0.484 e. The van der Waals surface area contributed by atoms with E-state index >= 15 is 0 Å². The van der Waals surface area contributed by atoms with Crippen LogP contribution in [-0.4, -0.2) is 112 Å². The SMILES string of the molecule is O=c1nc([O-])c(/C=C/CN=C([O-])CCCCCCCCCOP(=O)(O)OC[C@H]2O[C@@H](n3cc(Br)c([O-])nc3=O)C[C@@H]2O)cn1[C@@H]1O[C@H](COP(=O)(O)OP(=O)(O)OP(=O)([O-])[O-])[C@@H](O)[C@H]1O. The number of hydrogen-bond donors (Lipinski definition) is 6. The third-order valence-electron chi connectivity index (χ3n) is 9.12. The van der Waals surface area contributed by atoms with Gasteiger partial charge in [-0.2, -0.15) is 4.31 Å². The van der Waals surface area contributed by atoms with Gasteiger partial charge in [-0.1, -0.05) is 44.3 Å². The van der Waals surface area contributed by atoms with Crippen molar-refractivity contribution in [3.8, 4) is 11.8 Å². The second-order valence-electron chi connectivity index (χ2n) is 14.1. The minimum atomic E-state index is -6.16. The van der Waals surface area contributed by atoms with Crippen molar-refractivity contribution in [2.24, 2.45) is 4.99 Å². The van der Waals surface area contributed by atoms with Crippen LogP contribution in [0.4, 0.5) is 0 Å². The van der Waals surface area contributed by atoms with Crippen LogP contribution in [0.3, 0.4) is 0 Å². The number of aliphatic hydroxyl groups excluding tert-OH is 3. The molecule has 4 heterocycles. The van der Waals surface area contributed by atoms with E-state index in [1.165, 1.54) is 18.3 Å².